The number of rotatable bonds is 6. The molecule has 3 nitrogen and oxygen atoms in total. The smallest absolute Gasteiger partial charge is 0.257 e. The highest BCUT2D eigenvalue weighted by Crippen LogP contribution is 2.24. The van der Waals surface area contributed by atoms with E-state index in [1.807, 2.05) is 30.3 Å². The number of ether oxygens (including phenoxy) is 1. The molecule has 0 fully saturated rings. The van der Waals surface area contributed by atoms with Gasteiger partial charge in [-0.15, -0.1) is 0 Å². The summed E-state index contributed by atoms with van der Waals surface area (Å²) in [4.78, 5) is 11.8. The zero-order chi connectivity index (χ0) is 15.9. The van der Waals surface area contributed by atoms with Crippen LogP contribution in [0.25, 0.3) is 0 Å². The zero-order valence-corrected chi connectivity index (χ0v) is 13.7. The fraction of sp³-hybridized carbons (Fsp3) is 0.235. The number of hydrogen-bond donors (Lipinski definition) is 1. The molecule has 0 spiro atoms. The maximum absolute atomic E-state index is 11.8. The Labute approximate surface area is 140 Å². The Morgan fingerprint density at radius 3 is 2.41 bits per heavy atom. The summed E-state index contributed by atoms with van der Waals surface area (Å²) in [6.07, 6.45) is 0. The lowest BCUT2D eigenvalue weighted by molar-refractivity contribution is -0.123. The molecular formula is C17H17Cl2NO2. The molecule has 2 aromatic carbocycles. The average Bonchev–Trinajstić information content (AvgIpc) is 2.50. The number of amides is 1. The van der Waals surface area contributed by atoms with E-state index in [4.69, 9.17) is 27.9 Å². The van der Waals surface area contributed by atoms with Crippen LogP contribution in [0, 0.1) is 0 Å². The maximum Gasteiger partial charge on any atom is 0.257 e. The topological polar surface area (TPSA) is 38.3 Å². The lowest BCUT2D eigenvalue weighted by Gasteiger charge is -2.13. The third-order valence-electron chi connectivity index (χ3n) is 3.18. The Kier molecular flexibility index (Phi) is 6.10. The first-order valence-electron chi connectivity index (χ1n) is 6.95. The second-order valence-electron chi connectivity index (χ2n) is 5.01. The molecule has 116 valence electrons. The van der Waals surface area contributed by atoms with Crippen LogP contribution in [0.3, 0.4) is 0 Å². The molecule has 1 atom stereocenters. The fourth-order valence-electron chi connectivity index (χ4n) is 1.98. The monoisotopic (exact) mass is 337 g/mol. The number of nitrogens with one attached hydrogen (secondary N) is 1. The van der Waals surface area contributed by atoms with Gasteiger partial charge in [0.1, 0.15) is 5.75 Å². The van der Waals surface area contributed by atoms with Crippen LogP contribution >= 0.6 is 23.2 Å². The van der Waals surface area contributed by atoms with Gasteiger partial charge in [-0.25, -0.2) is 0 Å². The zero-order valence-electron chi connectivity index (χ0n) is 12.2. The molecule has 0 heterocycles. The minimum Gasteiger partial charge on any atom is -0.484 e. The summed E-state index contributed by atoms with van der Waals surface area (Å²) < 4.78 is 5.39. The summed E-state index contributed by atoms with van der Waals surface area (Å²) in [5.74, 6) is 0.536. The molecule has 0 aliphatic carbocycles. The van der Waals surface area contributed by atoms with Crippen molar-refractivity contribution in [1.29, 1.82) is 0 Å². The van der Waals surface area contributed by atoms with E-state index in [9.17, 15) is 4.79 Å². The van der Waals surface area contributed by atoms with Crippen molar-refractivity contribution in [3.8, 4) is 5.75 Å². The van der Waals surface area contributed by atoms with Crippen LogP contribution in [-0.4, -0.2) is 19.1 Å². The van der Waals surface area contributed by atoms with Crippen molar-refractivity contribution in [2.24, 2.45) is 0 Å². The highest BCUT2D eigenvalue weighted by Gasteiger charge is 2.08. The van der Waals surface area contributed by atoms with Crippen LogP contribution in [0.4, 0.5) is 0 Å². The highest BCUT2D eigenvalue weighted by molar-refractivity contribution is 6.34. The first-order chi connectivity index (χ1) is 10.5. The summed E-state index contributed by atoms with van der Waals surface area (Å²) in [6.45, 7) is 2.55. The maximum atomic E-state index is 11.8. The van der Waals surface area contributed by atoms with Crippen LogP contribution in [0.1, 0.15) is 18.4 Å². The normalized spacial score (nSPS) is 11.8. The number of halogens is 2. The molecule has 0 aromatic heterocycles. The van der Waals surface area contributed by atoms with Crippen LogP contribution in [0.15, 0.2) is 48.5 Å². The van der Waals surface area contributed by atoms with Crippen molar-refractivity contribution in [2.75, 3.05) is 13.2 Å². The third kappa shape index (κ3) is 5.24. The highest BCUT2D eigenvalue weighted by atomic mass is 35.5. The molecule has 22 heavy (non-hydrogen) atoms. The van der Waals surface area contributed by atoms with Gasteiger partial charge >= 0.3 is 0 Å². The Hall–Kier alpha value is -1.71. The number of hydrogen-bond acceptors (Lipinski definition) is 2. The minimum atomic E-state index is -0.182. The van der Waals surface area contributed by atoms with E-state index >= 15 is 0 Å². The van der Waals surface area contributed by atoms with E-state index in [0.717, 1.165) is 0 Å². The predicted molar refractivity (Wildman–Crippen MR) is 89.8 cm³/mol. The van der Waals surface area contributed by atoms with Crippen molar-refractivity contribution < 1.29 is 9.53 Å². The minimum absolute atomic E-state index is 0.0712. The SMILES string of the molecule is CC(CNC(=O)COc1cc(Cl)cc(Cl)c1)c1ccccc1. The summed E-state index contributed by atoms with van der Waals surface area (Å²) in [5, 5.41) is 3.80. The van der Waals surface area contributed by atoms with Crippen LogP contribution in [-0.2, 0) is 4.79 Å². The van der Waals surface area contributed by atoms with Gasteiger partial charge in [-0.2, -0.15) is 0 Å². The molecule has 0 bridgehead atoms. The molecule has 1 N–H and O–H groups in total. The van der Waals surface area contributed by atoms with E-state index in [-0.39, 0.29) is 18.4 Å². The molecular weight excluding hydrogens is 321 g/mol. The first kappa shape index (κ1) is 16.7. The van der Waals surface area contributed by atoms with Crippen molar-refractivity contribution >= 4 is 29.1 Å². The molecule has 2 rings (SSSR count). The third-order valence-corrected chi connectivity index (χ3v) is 3.62. The van der Waals surface area contributed by atoms with Gasteiger partial charge in [0.2, 0.25) is 0 Å². The number of carbonyl (C=O) groups is 1. The Morgan fingerprint density at radius 1 is 1.14 bits per heavy atom. The quantitative estimate of drug-likeness (QED) is 0.853. The first-order valence-corrected chi connectivity index (χ1v) is 7.70. The van der Waals surface area contributed by atoms with E-state index < -0.39 is 0 Å². The standard InChI is InChI=1S/C17H17Cl2NO2/c1-12(13-5-3-2-4-6-13)10-20-17(21)11-22-16-8-14(18)7-15(19)9-16/h2-9,12H,10-11H2,1H3,(H,20,21). The van der Waals surface area contributed by atoms with Gasteiger partial charge in [0.25, 0.3) is 5.91 Å². The predicted octanol–water partition coefficient (Wildman–Crippen LogP) is 4.29. The molecule has 0 aliphatic rings. The largest absolute Gasteiger partial charge is 0.484 e. The molecule has 5 heteroatoms. The van der Waals surface area contributed by atoms with Crippen LogP contribution < -0.4 is 10.1 Å². The molecule has 0 aliphatic heterocycles. The summed E-state index contributed by atoms with van der Waals surface area (Å²) in [6, 6.07) is 14.9. The molecule has 0 radical (unpaired) electrons. The molecule has 0 saturated carbocycles. The van der Waals surface area contributed by atoms with E-state index in [1.165, 1.54) is 5.56 Å². The Balaban J connectivity index is 1.78. The summed E-state index contributed by atoms with van der Waals surface area (Å²) in [7, 11) is 0. The Bertz CT molecular complexity index is 612. The van der Waals surface area contributed by atoms with Gasteiger partial charge < -0.3 is 10.1 Å². The van der Waals surface area contributed by atoms with Crippen LogP contribution in [0.5, 0.6) is 5.75 Å². The summed E-state index contributed by atoms with van der Waals surface area (Å²) in [5.41, 5.74) is 1.19. The fourth-order valence-corrected chi connectivity index (χ4v) is 2.48. The Morgan fingerprint density at radius 2 is 1.77 bits per heavy atom. The second-order valence-corrected chi connectivity index (χ2v) is 5.88. The van der Waals surface area contributed by atoms with E-state index in [1.54, 1.807) is 18.2 Å². The summed E-state index contributed by atoms with van der Waals surface area (Å²) >= 11 is 11.7. The van der Waals surface area contributed by atoms with Crippen LogP contribution in [0.2, 0.25) is 10.0 Å². The van der Waals surface area contributed by atoms with Crippen molar-refractivity contribution in [3.63, 3.8) is 0 Å². The molecule has 1 amide bonds. The lowest BCUT2D eigenvalue weighted by Crippen LogP contribution is -2.31. The van der Waals surface area contributed by atoms with Gasteiger partial charge in [0, 0.05) is 16.6 Å². The molecule has 2 aromatic rings. The van der Waals surface area contributed by atoms with Gasteiger partial charge in [-0.05, 0) is 29.7 Å². The second kappa shape index (κ2) is 8.06. The van der Waals surface area contributed by atoms with E-state index in [2.05, 4.69) is 12.2 Å². The number of carbonyl (C=O) groups excluding carboxylic acids is 1. The van der Waals surface area contributed by atoms with Gasteiger partial charge in [-0.3, -0.25) is 4.79 Å². The van der Waals surface area contributed by atoms with Gasteiger partial charge in [0.05, 0.1) is 0 Å². The van der Waals surface area contributed by atoms with E-state index in [0.29, 0.717) is 22.3 Å². The van der Waals surface area contributed by atoms with Crippen molar-refractivity contribution in [2.45, 2.75) is 12.8 Å². The van der Waals surface area contributed by atoms with Gasteiger partial charge in [-0.1, -0.05) is 60.5 Å². The lowest BCUT2D eigenvalue weighted by atomic mass is 10.0. The average molecular weight is 338 g/mol. The molecule has 1 unspecified atom stereocenters. The number of benzene rings is 2. The molecule has 0 saturated heterocycles. The van der Waals surface area contributed by atoms with Crippen molar-refractivity contribution in [3.05, 3.63) is 64.1 Å². The van der Waals surface area contributed by atoms with Gasteiger partial charge in [0.15, 0.2) is 6.61 Å². The van der Waals surface area contributed by atoms with Crippen molar-refractivity contribution in [1.82, 2.24) is 5.32 Å².